The molecule has 24 heavy (non-hydrogen) atoms. The van der Waals surface area contributed by atoms with Crippen LogP contribution in [-0.4, -0.2) is 25.3 Å². The van der Waals surface area contributed by atoms with E-state index in [0.717, 1.165) is 10.2 Å². The fourth-order valence-electron chi connectivity index (χ4n) is 2.51. The number of hydrogen-bond acceptors (Lipinski definition) is 4. The molecule has 1 saturated carbocycles. The van der Waals surface area contributed by atoms with Crippen LogP contribution in [0.3, 0.4) is 0 Å². The van der Waals surface area contributed by atoms with Gasteiger partial charge in [0.25, 0.3) is 0 Å². The molecule has 1 aliphatic carbocycles. The van der Waals surface area contributed by atoms with Crippen LogP contribution >= 0.6 is 11.8 Å². The maximum atomic E-state index is 13.3. The Bertz CT molecular complexity index is 944. The van der Waals surface area contributed by atoms with E-state index >= 15 is 0 Å². The lowest BCUT2D eigenvalue weighted by atomic mass is 10.2. The Kier molecular flexibility index (Phi) is 3.52. The molecule has 0 atom stereocenters. The molecule has 0 radical (unpaired) electrons. The van der Waals surface area contributed by atoms with Crippen molar-refractivity contribution in [3.05, 3.63) is 36.2 Å². The molecule has 0 spiro atoms. The number of hydrogen-bond donors (Lipinski definition) is 0. The first-order valence-electron chi connectivity index (χ1n) is 7.48. The van der Waals surface area contributed by atoms with Crippen molar-refractivity contribution < 1.29 is 13.2 Å². The maximum absolute atomic E-state index is 13.3. The third kappa shape index (κ3) is 2.64. The Labute approximate surface area is 139 Å². The average Bonchev–Trinajstić information content (AvgIpc) is 3.26. The summed E-state index contributed by atoms with van der Waals surface area (Å²) in [4.78, 5) is 4.51. The molecule has 0 N–H and O–H groups in total. The predicted molar refractivity (Wildman–Crippen MR) is 86.8 cm³/mol. The van der Waals surface area contributed by atoms with Crippen LogP contribution in [0.5, 0.6) is 0 Å². The van der Waals surface area contributed by atoms with Crippen LogP contribution in [0.4, 0.5) is 13.2 Å². The third-order valence-corrected chi connectivity index (χ3v) is 5.14. The molecule has 0 unspecified atom stereocenters. The van der Waals surface area contributed by atoms with E-state index in [0.29, 0.717) is 27.5 Å². The first-order valence-corrected chi connectivity index (χ1v) is 8.47. The SMILES string of the molecule is C=Cc1ccc2nc(SCC3CC3)c3nnc(C(F)(F)F)n3c2c1. The quantitative estimate of drug-likeness (QED) is 0.653. The molecule has 3 aromatic rings. The van der Waals surface area contributed by atoms with Gasteiger partial charge in [-0.2, -0.15) is 13.2 Å². The van der Waals surface area contributed by atoms with E-state index in [1.807, 2.05) is 0 Å². The molecule has 1 fully saturated rings. The summed E-state index contributed by atoms with van der Waals surface area (Å²) in [6.45, 7) is 3.66. The highest BCUT2D eigenvalue weighted by molar-refractivity contribution is 7.99. The molecule has 2 heterocycles. The molecule has 0 amide bonds. The lowest BCUT2D eigenvalue weighted by molar-refractivity contribution is -0.145. The zero-order chi connectivity index (χ0) is 16.9. The van der Waals surface area contributed by atoms with Gasteiger partial charge < -0.3 is 0 Å². The van der Waals surface area contributed by atoms with Crippen molar-refractivity contribution in [1.29, 1.82) is 0 Å². The van der Waals surface area contributed by atoms with E-state index in [1.165, 1.54) is 24.6 Å². The van der Waals surface area contributed by atoms with Gasteiger partial charge in [-0.15, -0.1) is 22.0 Å². The van der Waals surface area contributed by atoms with Crippen molar-refractivity contribution in [2.75, 3.05) is 5.75 Å². The Hall–Kier alpha value is -2.09. The fourth-order valence-corrected chi connectivity index (χ4v) is 3.66. The van der Waals surface area contributed by atoms with Crippen molar-refractivity contribution in [2.45, 2.75) is 24.0 Å². The van der Waals surface area contributed by atoms with Crippen molar-refractivity contribution in [2.24, 2.45) is 5.92 Å². The summed E-state index contributed by atoms with van der Waals surface area (Å²) in [7, 11) is 0. The number of rotatable bonds is 4. The largest absolute Gasteiger partial charge is 0.452 e. The van der Waals surface area contributed by atoms with E-state index in [9.17, 15) is 13.2 Å². The first kappa shape index (κ1) is 15.4. The van der Waals surface area contributed by atoms with E-state index in [1.54, 1.807) is 24.3 Å². The smallest absolute Gasteiger partial charge is 0.267 e. The number of thioether (sulfide) groups is 1. The molecule has 1 aliphatic rings. The molecule has 8 heteroatoms. The van der Waals surface area contributed by atoms with Gasteiger partial charge in [-0.3, -0.25) is 4.40 Å². The lowest BCUT2D eigenvalue weighted by Gasteiger charge is -2.10. The summed E-state index contributed by atoms with van der Waals surface area (Å²) < 4.78 is 41.1. The highest BCUT2D eigenvalue weighted by Crippen LogP contribution is 2.37. The van der Waals surface area contributed by atoms with Crippen LogP contribution in [0.1, 0.15) is 24.2 Å². The minimum absolute atomic E-state index is 0.154. The standard InChI is InChI=1S/C16H13F3N4S/c1-2-9-5-6-11-12(7-9)23-13(21-22-15(23)16(17,18)19)14(20-11)24-8-10-3-4-10/h2,5-7,10H,1,3-4,8H2. The van der Waals surface area contributed by atoms with Gasteiger partial charge in [-0.1, -0.05) is 18.7 Å². The minimum atomic E-state index is -4.59. The summed E-state index contributed by atoms with van der Waals surface area (Å²) in [6.07, 6.45) is -0.672. The lowest BCUT2D eigenvalue weighted by Crippen LogP contribution is -2.12. The second kappa shape index (κ2) is 5.47. The van der Waals surface area contributed by atoms with E-state index in [-0.39, 0.29) is 5.65 Å². The fraction of sp³-hybridized carbons (Fsp3) is 0.312. The van der Waals surface area contributed by atoms with Crippen LogP contribution in [-0.2, 0) is 6.18 Å². The summed E-state index contributed by atoms with van der Waals surface area (Å²) in [5, 5.41) is 7.65. The number of aromatic nitrogens is 4. The Morgan fingerprint density at radius 3 is 2.75 bits per heavy atom. The molecular weight excluding hydrogens is 337 g/mol. The number of fused-ring (bicyclic) bond motifs is 3. The normalized spacial score (nSPS) is 15.3. The maximum Gasteiger partial charge on any atom is 0.452 e. The molecule has 0 saturated heterocycles. The van der Waals surface area contributed by atoms with Gasteiger partial charge in [0, 0.05) is 5.75 Å². The van der Waals surface area contributed by atoms with Crippen LogP contribution in [0, 0.1) is 5.92 Å². The van der Waals surface area contributed by atoms with Gasteiger partial charge in [-0.25, -0.2) is 4.98 Å². The van der Waals surface area contributed by atoms with Crippen molar-refractivity contribution in [3.63, 3.8) is 0 Å². The summed E-state index contributed by atoms with van der Waals surface area (Å²) >= 11 is 1.45. The van der Waals surface area contributed by atoms with Crippen LogP contribution in [0.15, 0.2) is 29.8 Å². The molecule has 2 aromatic heterocycles. The number of halogens is 3. The summed E-state index contributed by atoms with van der Waals surface area (Å²) in [5.74, 6) is 0.438. The van der Waals surface area contributed by atoms with Gasteiger partial charge >= 0.3 is 6.18 Å². The van der Waals surface area contributed by atoms with Gasteiger partial charge in [0.1, 0.15) is 5.03 Å². The van der Waals surface area contributed by atoms with Crippen LogP contribution in [0.25, 0.3) is 22.8 Å². The van der Waals surface area contributed by atoms with Crippen LogP contribution < -0.4 is 0 Å². The van der Waals surface area contributed by atoms with Crippen molar-refractivity contribution in [1.82, 2.24) is 19.6 Å². The van der Waals surface area contributed by atoms with Gasteiger partial charge in [0.2, 0.25) is 5.82 Å². The van der Waals surface area contributed by atoms with Crippen molar-refractivity contribution in [3.8, 4) is 0 Å². The van der Waals surface area contributed by atoms with Gasteiger partial charge in [0.15, 0.2) is 5.65 Å². The molecule has 0 bridgehead atoms. The Morgan fingerprint density at radius 2 is 2.08 bits per heavy atom. The summed E-state index contributed by atoms with van der Waals surface area (Å²) in [6, 6.07) is 5.10. The topological polar surface area (TPSA) is 43.1 Å². The molecule has 1 aromatic carbocycles. The minimum Gasteiger partial charge on any atom is -0.267 e. The third-order valence-electron chi connectivity index (χ3n) is 3.96. The number of benzene rings is 1. The summed E-state index contributed by atoms with van der Waals surface area (Å²) in [5.41, 5.74) is 1.68. The van der Waals surface area contributed by atoms with E-state index in [4.69, 9.17) is 0 Å². The Morgan fingerprint density at radius 1 is 1.29 bits per heavy atom. The molecule has 4 nitrogen and oxygen atoms in total. The molecule has 0 aliphatic heterocycles. The highest BCUT2D eigenvalue weighted by Gasteiger charge is 2.38. The number of alkyl halides is 3. The van der Waals surface area contributed by atoms with Crippen LogP contribution in [0.2, 0.25) is 0 Å². The van der Waals surface area contributed by atoms with Gasteiger partial charge in [0.05, 0.1) is 11.0 Å². The predicted octanol–water partition coefficient (Wildman–Crippen LogP) is 4.44. The van der Waals surface area contributed by atoms with Crippen molar-refractivity contribution >= 4 is 34.5 Å². The molecule has 124 valence electrons. The molecular formula is C16H13F3N4S. The van der Waals surface area contributed by atoms with Gasteiger partial charge in [-0.05, 0) is 36.5 Å². The zero-order valence-electron chi connectivity index (χ0n) is 12.5. The monoisotopic (exact) mass is 350 g/mol. The second-order valence-corrected chi connectivity index (χ2v) is 6.81. The second-order valence-electron chi connectivity index (χ2n) is 5.80. The highest BCUT2D eigenvalue weighted by atomic mass is 32.2. The van der Waals surface area contributed by atoms with E-state index in [2.05, 4.69) is 21.8 Å². The Balaban J connectivity index is 1.99. The molecule has 4 rings (SSSR count). The first-order chi connectivity index (χ1) is 11.5. The average molecular weight is 350 g/mol. The number of nitrogens with zero attached hydrogens (tertiary/aromatic N) is 4. The zero-order valence-corrected chi connectivity index (χ0v) is 13.4. The van der Waals surface area contributed by atoms with E-state index < -0.39 is 12.0 Å².